The summed E-state index contributed by atoms with van der Waals surface area (Å²) < 4.78 is 21.3. The summed E-state index contributed by atoms with van der Waals surface area (Å²) in [5.74, 6) is -0.532. The molecule has 0 atom stereocenters. The van der Waals surface area contributed by atoms with Crippen LogP contribution in [0.2, 0.25) is 0 Å². The highest BCUT2D eigenvalue weighted by Crippen LogP contribution is 2.03. The molecule has 0 fully saturated rings. The number of primary sulfonamides is 1. The number of nitrogens with zero attached hydrogens (tertiary/aromatic N) is 1. The van der Waals surface area contributed by atoms with Gasteiger partial charge >= 0.3 is 0 Å². The van der Waals surface area contributed by atoms with Crippen LogP contribution in [0.1, 0.15) is 11.3 Å². The number of hydrogen-bond acceptors (Lipinski definition) is 4. The first-order chi connectivity index (χ1) is 7.88. The quantitative estimate of drug-likeness (QED) is 0.730. The lowest BCUT2D eigenvalue weighted by atomic mass is 10.1. The summed E-state index contributed by atoms with van der Waals surface area (Å²) in [5, 5.41) is 7.28. The molecule has 0 radical (unpaired) electrons. The molecule has 0 saturated carbocycles. The van der Waals surface area contributed by atoms with Gasteiger partial charge in [-0.15, -0.1) is 0 Å². The van der Waals surface area contributed by atoms with Crippen LogP contribution in [0, 0.1) is 6.92 Å². The van der Waals surface area contributed by atoms with Crippen LogP contribution in [-0.2, 0) is 21.2 Å². The maximum absolute atomic E-state index is 11.5. The fraction of sp³-hybridized carbons (Fsp3) is 0.400. The van der Waals surface area contributed by atoms with Gasteiger partial charge in [0.15, 0.2) is 0 Å². The van der Waals surface area contributed by atoms with Crippen molar-refractivity contribution in [3.63, 3.8) is 0 Å². The van der Waals surface area contributed by atoms with Gasteiger partial charge in [-0.2, -0.15) is 0 Å². The molecule has 0 aliphatic rings. The summed E-state index contributed by atoms with van der Waals surface area (Å²) in [4.78, 5) is 15.5. The Labute approximate surface area is 100 Å². The van der Waals surface area contributed by atoms with Gasteiger partial charge in [0, 0.05) is 12.7 Å². The number of pyridine rings is 1. The van der Waals surface area contributed by atoms with Crippen LogP contribution < -0.4 is 10.5 Å². The summed E-state index contributed by atoms with van der Waals surface area (Å²) in [5.41, 5.74) is 1.61. The van der Waals surface area contributed by atoms with Crippen LogP contribution in [0.25, 0.3) is 0 Å². The van der Waals surface area contributed by atoms with Gasteiger partial charge in [-0.1, -0.05) is 6.07 Å². The fourth-order valence-corrected chi connectivity index (χ4v) is 1.64. The third-order valence-electron chi connectivity index (χ3n) is 2.15. The summed E-state index contributed by atoms with van der Waals surface area (Å²) in [6, 6.07) is 3.65. The van der Waals surface area contributed by atoms with Crippen LogP contribution in [0.15, 0.2) is 18.3 Å². The maximum Gasteiger partial charge on any atom is 0.226 e. The van der Waals surface area contributed by atoms with Crippen LogP contribution in [-0.4, -0.2) is 31.6 Å². The van der Waals surface area contributed by atoms with E-state index < -0.39 is 10.0 Å². The van der Waals surface area contributed by atoms with E-state index in [1.165, 1.54) is 0 Å². The molecule has 3 N–H and O–H groups in total. The molecule has 0 aliphatic carbocycles. The number of carbonyl (C=O) groups is 1. The average molecular weight is 257 g/mol. The molecule has 0 bridgehead atoms. The summed E-state index contributed by atoms with van der Waals surface area (Å²) in [6.45, 7) is 1.88. The van der Waals surface area contributed by atoms with E-state index in [1.807, 2.05) is 13.0 Å². The van der Waals surface area contributed by atoms with Crippen molar-refractivity contribution in [2.45, 2.75) is 13.3 Å². The van der Waals surface area contributed by atoms with Gasteiger partial charge in [0.2, 0.25) is 15.9 Å². The van der Waals surface area contributed by atoms with Gasteiger partial charge < -0.3 is 5.32 Å². The Morgan fingerprint density at radius 2 is 2.24 bits per heavy atom. The molecule has 1 heterocycles. The number of aryl methyl sites for hydroxylation is 1. The van der Waals surface area contributed by atoms with Crippen molar-refractivity contribution in [2.75, 3.05) is 12.3 Å². The van der Waals surface area contributed by atoms with Crippen LogP contribution >= 0.6 is 0 Å². The zero-order valence-electron chi connectivity index (χ0n) is 9.51. The number of rotatable bonds is 5. The SMILES string of the molecule is Cc1cccnc1CC(=O)NCCS(N)(=O)=O. The van der Waals surface area contributed by atoms with E-state index in [0.29, 0.717) is 5.69 Å². The number of carbonyl (C=O) groups excluding carboxylic acids is 1. The van der Waals surface area contributed by atoms with Gasteiger partial charge in [-0.05, 0) is 18.6 Å². The Balaban J connectivity index is 2.43. The second kappa shape index (κ2) is 5.74. The Morgan fingerprint density at radius 3 is 2.82 bits per heavy atom. The van der Waals surface area contributed by atoms with Gasteiger partial charge in [0.05, 0.1) is 17.9 Å². The minimum atomic E-state index is -3.53. The Kier molecular flexibility index (Phi) is 4.59. The Bertz CT molecular complexity index is 499. The molecular formula is C10H15N3O3S. The van der Waals surface area contributed by atoms with Gasteiger partial charge in [0.1, 0.15) is 0 Å². The molecule has 17 heavy (non-hydrogen) atoms. The molecule has 7 heteroatoms. The zero-order chi connectivity index (χ0) is 12.9. The van der Waals surface area contributed by atoms with Crippen molar-refractivity contribution >= 4 is 15.9 Å². The van der Waals surface area contributed by atoms with Crippen molar-refractivity contribution < 1.29 is 13.2 Å². The van der Waals surface area contributed by atoms with E-state index in [2.05, 4.69) is 10.3 Å². The van der Waals surface area contributed by atoms with Crippen LogP contribution in [0.3, 0.4) is 0 Å². The third-order valence-corrected chi connectivity index (χ3v) is 2.93. The normalized spacial score (nSPS) is 11.2. The number of nitrogens with two attached hydrogens (primary N) is 1. The van der Waals surface area contributed by atoms with E-state index in [9.17, 15) is 13.2 Å². The van der Waals surface area contributed by atoms with Crippen molar-refractivity contribution in [1.82, 2.24) is 10.3 Å². The summed E-state index contributed by atoms with van der Waals surface area (Å²) in [6.07, 6.45) is 1.75. The first kappa shape index (κ1) is 13.6. The number of amides is 1. The molecule has 94 valence electrons. The molecule has 1 rings (SSSR count). The van der Waals surface area contributed by atoms with E-state index >= 15 is 0 Å². The highest BCUT2D eigenvalue weighted by molar-refractivity contribution is 7.89. The lowest BCUT2D eigenvalue weighted by molar-refractivity contribution is -0.120. The second-order valence-electron chi connectivity index (χ2n) is 3.66. The first-order valence-electron chi connectivity index (χ1n) is 5.06. The molecule has 1 amide bonds. The molecule has 0 aromatic carbocycles. The predicted octanol–water partition coefficient (Wildman–Crippen LogP) is -0.663. The molecule has 1 aromatic heterocycles. The molecule has 1 aromatic rings. The smallest absolute Gasteiger partial charge is 0.226 e. The highest BCUT2D eigenvalue weighted by Gasteiger charge is 2.08. The number of aromatic nitrogens is 1. The number of nitrogens with one attached hydrogen (secondary N) is 1. The standard InChI is InChI=1S/C10H15N3O3S/c1-8-3-2-4-12-9(8)7-10(14)13-5-6-17(11,15)16/h2-4H,5-7H2,1H3,(H,13,14)(H2,11,15,16). The lowest BCUT2D eigenvalue weighted by Crippen LogP contribution is -2.32. The van der Waals surface area contributed by atoms with Crippen molar-refractivity contribution in [3.05, 3.63) is 29.6 Å². The molecule has 6 nitrogen and oxygen atoms in total. The Hall–Kier alpha value is -1.47. The van der Waals surface area contributed by atoms with Gasteiger partial charge in [-0.25, -0.2) is 13.6 Å². The predicted molar refractivity (Wildman–Crippen MR) is 63.7 cm³/mol. The Morgan fingerprint density at radius 1 is 1.53 bits per heavy atom. The van der Waals surface area contributed by atoms with Gasteiger partial charge in [0.25, 0.3) is 0 Å². The lowest BCUT2D eigenvalue weighted by Gasteiger charge is -2.05. The van der Waals surface area contributed by atoms with Crippen molar-refractivity contribution in [1.29, 1.82) is 0 Å². The van der Waals surface area contributed by atoms with E-state index in [-0.39, 0.29) is 24.6 Å². The summed E-state index contributed by atoms with van der Waals surface area (Å²) in [7, 11) is -3.53. The fourth-order valence-electron chi connectivity index (χ4n) is 1.25. The monoisotopic (exact) mass is 257 g/mol. The summed E-state index contributed by atoms with van der Waals surface area (Å²) >= 11 is 0. The van der Waals surface area contributed by atoms with Crippen molar-refractivity contribution in [2.24, 2.45) is 5.14 Å². The zero-order valence-corrected chi connectivity index (χ0v) is 10.3. The second-order valence-corrected chi connectivity index (χ2v) is 5.39. The minimum absolute atomic E-state index is 0.0174. The topological polar surface area (TPSA) is 102 Å². The third kappa shape index (κ3) is 5.41. The molecule has 0 aliphatic heterocycles. The van der Waals surface area contributed by atoms with Crippen LogP contribution in [0.5, 0.6) is 0 Å². The molecular weight excluding hydrogens is 242 g/mol. The largest absolute Gasteiger partial charge is 0.355 e. The van der Waals surface area contributed by atoms with E-state index in [4.69, 9.17) is 5.14 Å². The molecule has 0 unspecified atom stereocenters. The molecule has 0 spiro atoms. The van der Waals surface area contributed by atoms with E-state index in [1.54, 1.807) is 12.3 Å². The average Bonchev–Trinajstić information content (AvgIpc) is 2.19. The van der Waals surface area contributed by atoms with E-state index in [0.717, 1.165) is 5.56 Å². The first-order valence-corrected chi connectivity index (χ1v) is 6.78. The number of sulfonamides is 1. The van der Waals surface area contributed by atoms with Crippen LogP contribution in [0.4, 0.5) is 0 Å². The number of hydrogen-bond donors (Lipinski definition) is 2. The maximum atomic E-state index is 11.5. The minimum Gasteiger partial charge on any atom is -0.355 e. The van der Waals surface area contributed by atoms with Gasteiger partial charge in [-0.3, -0.25) is 9.78 Å². The molecule has 0 saturated heterocycles. The van der Waals surface area contributed by atoms with Crippen molar-refractivity contribution in [3.8, 4) is 0 Å². The highest BCUT2D eigenvalue weighted by atomic mass is 32.2.